The van der Waals surface area contributed by atoms with Crippen LogP contribution in [0.4, 0.5) is 11.4 Å². The Morgan fingerprint density at radius 1 is 1.10 bits per heavy atom. The van der Waals surface area contributed by atoms with E-state index in [-0.39, 0.29) is 16.7 Å². The third-order valence-electron chi connectivity index (χ3n) is 6.05. The van der Waals surface area contributed by atoms with Crippen LogP contribution in [0.2, 0.25) is 0 Å². The van der Waals surface area contributed by atoms with Crippen molar-refractivity contribution in [2.24, 2.45) is 5.92 Å². The third kappa shape index (κ3) is 3.39. The number of fused-ring (bicyclic) bond motifs is 1. The zero-order valence-corrected chi connectivity index (χ0v) is 18.2. The summed E-state index contributed by atoms with van der Waals surface area (Å²) in [6, 6.07) is 10.0. The number of nitrogens with zero attached hydrogens (tertiary/aromatic N) is 2. The molecule has 0 unspecified atom stereocenters. The van der Waals surface area contributed by atoms with Crippen molar-refractivity contribution in [1.82, 2.24) is 0 Å². The first-order valence-electron chi connectivity index (χ1n) is 10.0. The minimum absolute atomic E-state index is 0.119. The molecule has 1 aliphatic carbocycles. The standard InChI is InChI=1S/C22H26N2O5S/c1-23(20-9-7-17(28-2)14-21(20)29-3)30(26,27)18-8-10-19-16(13-18)11-12-24(19)22(25)15-5-4-6-15/h7-10,13-15H,4-6,11-12H2,1-3H3. The molecular formula is C22H26N2O5S. The van der Waals surface area contributed by atoms with Crippen LogP contribution in [0, 0.1) is 5.92 Å². The van der Waals surface area contributed by atoms with Gasteiger partial charge < -0.3 is 14.4 Å². The summed E-state index contributed by atoms with van der Waals surface area (Å²) in [7, 11) is 0.723. The topological polar surface area (TPSA) is 76.2 Å². The van der Waals surface area contributed by atoms with Gasteiger partial charge in [0.2, 0.25) is 5.91 Å². The van der Waals surface area contributed by atoms with Gasteiger partial charge in [0.1, 0.15) is 11.5 Å². The molecular weight excluding hydrogens is 404 g/mol. The zero-order valence-electron chi connectivity index (χ0n) is 17.4. The number of ether oxygens (including phenoxy) is 2. The van der Waals surface area contributed by atoms with Gasteiger partial charge in [0, 0.05) is 31.3 Å². The first-order valence-corrected chi connectivity index (χ1v) is 11.5. The molecule has 0 radical (unpaired) electrons. The molecule has 0 N–H and O–H groups in total. The van der Waals surface area contributed by atoms with Gasteiger partial charge in [-0.2, -0.15) is 0 Å². The van der Waals surface area contributed by atoms with Crippen LogP contribution in [0.5, 0.6) is 11.5 Å². The number of rotatable bonds is 6. The molecule has 2 aromatic rings. The largest absolute Gasteiger partial charge is 0.497 e. The van der Waals surface area contributed by atoms with E-state index in [0.29, 0.717) is 30.2 Å². The minimum atomic E-state index is -3.80. The molecule has 7 nitrogen and oxygen atoms in total. The Morgan fingerprint density at radius 2 is 1.87 bits per heavy atom. The molecule has 1 heterocycles. The summed E-state index contributed by atoms with van der Waals surface area (Å²) in [5.41, 5.74) is 2.13. The summed E-state index contributed by atoms with van der Waals surface area (Å²) < 4.78 is 38.3. The van der Waals surface area contributed by atoms with E-state index in [1.54, 1.807) is 43.5 Å². The van der Waals surface area contributed by atoms with Gasteiger partial charge in [-0.1, -0.05) is 6.42 Å². The van der Waals surface area contributed by atoms with Crippen molar-refractivity contribution < 1.29 is 22.7 Å². The summed E-state index contributed by atoms with van der Waals surface area (Å²) in [4.78, 5) is 14.7. The van der Waals surface area contributed by atoms with Crippen LogP contribution in [0.1, 0.15) is 24.8 Å². The van der Waals surface area contributed by atoms with Gasteiger partial charge in [-0.3, -0.25) is 9.10 Å². The van der Waals surface area contributed by atoms with E-state index in [1.807, 2.05) is 4.90 Å². The number of methoxy groups -OCH3 is 2. The molecule has 0 atom stereocenters. The fraction of sp³-hybridized carbons (Fsp3) is 0.409. The van der Waals surface area contributed by atoms with E-state index in [1.165, 1.54) is 18.5 Å². The summed E-state index contributed by atoms with van der Waals surface area (Å²) >= 11 is 0. The SMILES string of the molecule is COc1ccc(N(C)S(=O)(=O)c2ccc3c(c2)CCN3C(=O)C2CCC2)c(OC)c1. The maximum atomic E-state index is 13.3. The fourth-order valence-electron chi connectivity index (χ4n) is 3.98. The first-order chi connectivity index (χ1) is 14.4. The summed E-state index contributed by atoms with van der Waals surface area (Å²) in [5, 5.41) is 0. The van der Waals surface area contributed by atoms with Crippen molar-refractivity contribution >= 4 is 27.3 Å². The Kier molecular flexibility index (Phi) is 5.36. The molecule has 4 rings (SSSR count). The Morgan fingerprint density at radius 3 is 2.50 bits per heavy atom. The molecule has 1 aliphatic heterocycles. The van der Waals surface area contributed by atoms with Crippen molar-refractivity contribution in [3.05, 3.63) is 42.0 Å². The van der Waals surface area contributed by atoms with E-state index in [0.717, 1.165) is 30.5 Å². The number of hydrogen-bond donors (Lipinski definition) is 0. The molecule has 8 heteroatoms. The minimum Gasteiger partial charge on any atom is -0.497 e. The van der Waals surface area contributed by atoms with Gasteiger partial charge in [-0.05, 0) is 55.2 Å². The molecule has 1 amide bonds. The van der Waals surface area contributed by atoms with Crippen molar-refractivity contribution in [1.29, 1.82) is 0 Å². The molecule has 0 saturated heterocycles. The van der Waals surface area contributed by atoms with Gasteiger partial charge in [-0.15, -0.1) is 0 Å². The quantitative estimate of drug-likeness (QED) is 0.703. The smallest absolute Gasteiger partial charge is 0.264 e. The number of hydrogen-bond acceptors (Lipinski definition) is 5. The van der Waals surface area contributed by atoms with Crippen LogP contribution < -0.4 is 18.7 Å². The van der Waals surface area contributed by atoms with Crippen LogP contribution in [0.25, 0.3) is 0 Å². The Bertz CT molecular complexity index is 1080. The lowest BCUT2D eigenvalue weighted by atomic mass is 9.84. The van der Waals surface area contributed by atoms with Crippen LogP contribution in [0.3, 0.4) is 0 Å². The highest BCUT2D eigenvalue weighted by molar-refractivity contribution is 7.92. The Balaban J connectivity index is 1.63. The van der Waals surface area contributed by atoms with Gasteiger partial charge in [-0.25, -0.2) is 8.42 Å². The highest BCUT2D eigenvalue weighted by Crippen LogP contribution is 2.38. The lowest BCUT2D eigenvalue weighted by molar-refractivity contribution is -0.124. The normalized spacial score (nSPS) is 16.0. The lowest BCUT2D eigenvalue weighted by Gasteiger charge is -2.29. The number of sulfonamides is 1. The molecule has 0 spiro atoms. The second kappa shape index (κ2) is 7.83. The number of amides is 1. The second-order valence-corrected chi connectivity index (χ2v) is 9.64. The maximum absolute atomic E-state index is 13.3. The van der Waals surface area contributed by atoms with Crippen molar-refractivity contribution in [3.63, 3.8) is 0 Å². The zero-order chi connectivity index (χ0) is 21.5. The van der Waals surface area contributed by atoms with E-state index < -0.39 is 10.0 Å². The van der Waals surface area contributed by atoms with E-state index >= 15 is 0 Å². The molecule has 160 valence electrons. The Labute approximate surface area is 177 Å². The molecule has 2 aromatic carbocycles. The van der Waals surface area contributed by atoms with Gasteiger partial charge in [0.05, 0.1) is 24.8 Å². The van der Waals surface area contributed by atoms with Crippen molar-refractivity contribution in [2.45, 2.75) is 30.6 Å². The fourth-order valence-corrected chi connectivity index (χ4v) is 5.23. The van der Waals surface area contributed by atoms with Crippen LogP contribution in [0.15, 0.2) is 41.3 Å². The summed E-state index contributed by atoms with van der Waals surface area (Å²) in [5.74, 6) is 1.26. The van der Waals surface area contributed by atoms with Crippen LogP contribution >= 0.6 is 0 Å². The molecule has 0 bridgehead atoms. The predicted octanol–water partition coefficient (Wildman–Crippen LogP) is 3.22. The highest BCUT2D eigenvalue weighted by Gasteiger charge is 2.34. The molecule has 2 aliphatic rings. The van der Waals surface area contributed by atoms with E-state index in [4.69, 9.17) is 9.47 Å². The summed E-state index contributed by atoms with van der Waals surface area (Å²) in [6.07, 6.45) is 3.67. The van der Waals surface area contributed by atoms with Gasteiger partial charge >= 0.3 is 0 Å². The molecule has 1 fully saturated rings. The van der Waals surface area contributed by atoms with Crippen LogP contribution in [-0.4, -0.2) is 42.1 Å². The van der Waals surface area contributed by atoms with Gasteiger partial charge in [0.15, 0.2) is 0 Å². The first kappa shape index (κ1) is 20.5. The Hall–Kier alpha value is -2.74. The summed E-state index contributed by atoms with van der Waals surface area (Å²) in [6.45, 7) is 0.607. The van der Waals surface area contributed by atoms with Gasteiger partial charge in [0.25, 0.3) is 10.0 Å². The lowest BCUT2D eigenvalue weighted by Crippen LogP contribution is -2.37. The van der Waals surface area contributed by atoms with Crippen molar-refractivity contribution in [2.75, 3.05) is 37.0 Å². The van der Waals surface area contributed by atoms with Crippen LogP contribution in [-0.2, 0) is 21.2 Å². The number of carbonyl (C=O) groups is 1. The predicted molar refractivity (Wildman–Crippen MR) is 115 cm³/mol. The monoisotopic (exact) mass is 430 g/mol. The average Bonchev–Trinajstić information content (AvgIpc) is 3.14. The number of anilines is 2. The average molecular weight is 431 g/mol. The molecule has 1 saturated carbocycles. The number of carbonyl (C=O) groups excluding carboxylic acids is 1. The van der Waals surface area contributed by atoms with Crippen molar-refractivity contribution in [3.8, 4) is 11.5 Å². The molecule has 0 aromatic heterocycles. The second-order valence-electron chi connectivity index (χ2n) is 7.67. The molecule has 30 heavy (non-hydrogen) atoms. The number of benzene rings is 2. The highest BCUT2D eigenvalue weighted by atomic mass is 32.2. The third-order valence-corrected chi connectivity index (χ3v) is 7.82. The van der Waals surface area contributed by atoms with E-state index in [2.05, 4.69) is 0 Å². The maximum Gasteiger partial charge on any atom is 0.264 e. The van der Waals surface area contributed by atoms with E-state index in [9.17, 15) is 13.2 Å².